The average Bonchev–Trinajstić information content (AvgIpc) is 3.07. The molecule has 4 nitrogen and oxygen atoms in total. The van der Waals surface area contributed by atoms with Crippen LogP contribution in [0.5, 0.6) is 0 Å². The van der Waals surface area contributed by atoms with Gasteiger partial charge in [-0.1, -0.05) is 24.3 Å². The van der Waals surface area contributed by atoms with Crippen molar-refractivity contribution in [2.45, 2.75) is 31.6 Å². The number of fused-ring (bicyclic) bond motifs is 3. The van der Waals surface area contributed by atoms with Gasteiger partial charge in [0.1, 0.15) is 0 Å². The molecule has 2 aliphatic heterocycles. The molecule has 0 radical (unpaired) electrons. The second kappa shape index (κ2) is 3.93. The van der Waals surface area contributed by atoms with Crippen molar-refractivity contribution >= 4 is 0 Å². The molecule has 0 spiro atoms. The van der Waals surface area contributed by atoms with Crippen molar-refractivity contribution in [3.05, 3.63) is 42.4 Å². The Morgan fingerprint density at radius 2 is 2.15 bits per heavy atom. The van der Waals surface area contributed by atoms with Crippen LogP contribution in [0.25, 0.3) is 11.3 Å². The number of nitrogens with zero attached hydrogens (tertiary/aromatic N) is 2. The Morgan fingerprint density at radius 3 is 2.90 bits per heavy atom. The van der Waals surface area contributed by atoms with Gasteiger partial charge < -0.3 is 14.4 Å². The number of aliphatic hydroxyl groups is 1. The number of benzene rings is 1. The van der Waals surface area contributed by atoms with Crippen LogP contribution in [0.4, 0.5) is 0 Å². The van der Waals surface area contributed by atoms with E-state index < -0.39 is 11.7 Å². The maximum absolute atomic E-state index is 10.6. The Bertz CT molecular complexity index is 662. The van der Waals surface area contributed by atoms with Gasteiger partial charge in [0.2, 0.25) is 0 Å². The number of ether oxygens (including phenoxy) is 1. The van der Waals surface area contributed by atoms with E-state index in [1.54, 1.807) is 0 Å². The van der Waals surface area contributed by atoms with Gasteiger partial charge in [-0.25, -0.2) is 4.98 Å². The minimum Gasteiger partial charge on any atom is -0.390 e. The molecule has 3 atom stereocenters. The van der Waals surface area contributed by atoms with Gasteiger partial charge in [-0.2, -0.15) is 0 Å². The van der Waals surface area contributed by atoms with Crippen LogP contribution in [0.15, 0.2) is 36.8 Å². The first-order valence-corrected chi connectivity index (χ1v) is 7.03. The smallest absolute Gasteiger partial charge is 0.0956 e. The summed E-state index contributed by atoms with van der Waals surface area (Å²) in [4.78, 5) is 4.27. The summed E-state index contributed by atoms with van der Waals surface area (Å²) in [6.07, 6.45) is 3.28. The lowest BCUT2D eigenvalue weighted by Crippen LogP contribution is -2.38. The molecule has 104 valence electrons. The molecule has 1 saturated heterocycles. The van der Waals surface area contributed by atoms with E-state index in [0.29, 0.717) is 6.61 Å². The van der Waals surface area contributed by atoms with Crippen molar-refractivity contribution in [1.29, 1.82) is 0 Å². The summed E-state index contributed by atoms with van der Waals surface area (Å²) in [6.45, 7) is 4.48. The Labute approximate surface area is 118 Å². The molecule has 2 aromatic rings. The van der Waals surface area contributed by atoms with Gasteiger partial charge in [-0.3, -0.25) is 0 Å². The number of aliphatic hydroxyl groups excluding tert-OH is 1. The van der Waals surface area contributed by atoms with Crippen LogP contribution >= 0.6 is 0 Å². The summed E-state index contributed by atoms with van der Waals surface area (Å²) in [7, 11) is 0. The molecule has 0 aliphatic carbocycles. The number of hydrogen-bond acceptors (Lipinski definition) is 3. The summed E-state index contributed by atoms with van der Waals surface area (Å²) < 4.78 is 7.97. The van der Waals surface area contributed by atoms with Crippen molar-refractivity contribution in [3.63, 3.8) is 0 Å². The highest BCUT2D eigenvalue weighted by Gasteiger charge is 2.48. The molecular weight excluding hydrogens is 252 g/mol. The molecule has 0 unspecified atom stereocenters. The number of imidazole rings is 1. The van der Waals surface area contributed by atoms with Crippen LogP contribution in [-0.2, 0) is 4.74 Å². The highest BCUT2D eigenvalue weighted by Crippen LogP contribution is 2.47. The predicted octanol–water partition coefficient (Wildman–Crippen LogP) is 2.24. The van der Waals surface area contributed by atoms with E-state index in [1.165, 1.54) is 11.1 Å². The van der Waals surface area contributed by atoms with E-state index in [9.17, 15) is 5.11 Å². The molecule has 20 heavy (non-hydrogen) atoms. The third kappa shape index (κ3) is 1.46. The SMILES string of the molecule is CC1(C)OC[C@@H]([C@H]2c3ccccc3-c3cncn32)[C@H]1O. The van der Waals surface area contributed by atoms with Crippen molar-refractivity contribution in [2.24, 2.45) is 5.92 Å². The molecular formula is C16H18N2O2. The zero-order valence-corrected chi connectivity index (χ0v) is 11.7. The average molecular weight is 270 g/mol. The third-order valence-corrected chi connectivity index (χ3v) is 4.69. The van der Waals surface area contributed by atoms with Gasteiger partial charge in [0.25, 0.3) is 0 Å². The fourth-order valence-corrected chi connectivity index (χ4v) is 3.58. The van der Waals surface area contributed by atoms with E-state index in [1.807, 2.05) is 32.4 Å². The lowest BCUT2D eigenvalue weighted by molar-refractivity contribution is -0.0321. The van der Waals surface area contributed by atoms with E-state index in [0.717, 1.165) is 5.69 Å². The second-order valence-corrected chi connectivity index (χ2v) is 6.24. The lowest BCUT2D eigenvalue weighted by atomic mass is 9.85. The second-order valence-electron chi connectivity index (χ2n) is 6.24. The molecule has 4 rings (SSSR count). The maximum Gasteiger partial charge on any atom is 0.0956 e. The van der Waals surface area contributed by atoms with Gasteiger partial charge in [-0.15, -0.1) is 0 Å². The molecule has 0 amide bonds. The Balaban J connectivity index is 1.84. The first-order chi connectivity index (χ1) is 9.59. The Morgan fingerprint density at radius 1 is 1.35 bits per heavy atom. The quantitative estimate of drug-likeness (QED) is 0.864. The maximum atomic E-state index is 10.6. The molecule has 0 saturated carbocycles. The minimum atomic E-state index is -0.483. The fraction of sp³-hybridized carbons (Fsp3) is 0.438. The van der Waals surface area contributed by atoms with E-state index in [2.05, 4.69) is 27.8 Å². The number of hydrogen-bond donors (Lipinski definition) is 1. The zero-order valence-electron chi connectivity index (χ0n) is 11.7. The summed E-state index contributed by atoms with van der Waals surface area (Å²) >= 11 is 0. The highest BCUT2D eigenvalue weighted by molar-refractivity contribution is 5.69. The minimum absolute atomic E-state index is 0.0570. The third-order valence-electron chi connectivity index (χ3n) is 4.69. The van der Waals surface area contributed by atoms with Crippen LogP contribution in [0.3, 0.4) is 0 Å². The Kier molecular flexibility index (Phi) is 2.38. The fourth-order valence-electron chi connectivity index (χ4n) is 3.58. The normalized spacial score (nSPS) is 30.2. The number of rotatable bonds is 1. The predicted molar refractivity (Wildman–Crippen MR) is 75.3 cm³/mol. The van der Waals surface area contributed by atoms with Crippen molar-refractivity contribution < 1.29 is 9.84 Å². The molecule has 0 bridgehead atoms. The van der Waals surface area contributed by atoms with Gasteiger partial charge in [-0.05, 0) is 19.4 Å². The standard InChI is InChI=1S/C16H18N2O2/c1-16(2)15(19)12(8-20-16)14-11-6-4-3-5-10(11)13-7-17-9-18(13)14/h3-7,9,12,14-15,19H,8H2,1-2H3/t12-,14+,15+/m0/s1. The van der Waals surface area contributed by atoms with Gasteiger partial charge in [0.15, 0.2) is 0 Å². The van der Waals surface area contributed by atoms with Crippen LogP contribution in [0.1, 0.15) is 25.5 Å². The highest BCUT2D eigenvalue weighted by atomic mass is 16.5. The molecule has 4 heteroatoms. The van der Waals surface area contributed by atoms with E-state index >= 15 is 0 Å². The summed E-state index contributed by atoms with van der Waals surface area (Å²) in [5, 5.41) is 10.6. The van der Waals surface area contributed by atoms with Crippen molar-refractivity contribution in [3.8, 4) is 11.3 Å². The molecule has 2 aliphatic rings. The molecule has 1 N–H and O–H groups in total. The van der Waals surface area contributed by atoms with Gasteiger partial charge in [0.05, 0.1) is 42.6 Å². The summed E-state index contributed by atoms with van der Waals surface area (Å²) in [5.74, 6) is 0.0570. The van der Waals surface area contributed by atoms with Crippen LogP contribution in [0, 0.1) is 5.92 Å². The zero-order chi connectivity index (χ0) is 13.9. The molecule has 3 heterocycles. The van der Waals surface area contributed by atoms with Crippen LogP contribution in [0.2, 0.25) is 0 Å². The molecule has 1 aromatic heterocycles. The monoisotopic (exact) mass is 270 g/mol. The molecule has 1 aromatic carbocycles. The van der Waals surface area contributed by atoms with Crippen LogP contribution in [-0.4, -0.2) is 33.0 Å². The lowest BCUT2D eigenvalue weighted by Gasteiger charge is -2.28. The number of aromatic nitrogens is 2. The van der Waals surface area contributed by atoms with Gasteiger partial charge >= 0.3 is 0 Å². The van der Waals surface area contributed by atoms with Crippen LogP contribution < -0.4 is 0 Å². The summed E-state index contributed by atoms with van der Waals surface area (Å²) in [5.41, 5.74) is 3.12. The summed E-state index contributed by atoms with van der Waals surface area (Å²) in [6, 6.07) is 8.48. The van der Waals surface area contributed by atoms with Crippen molar-refractivity contribution in [1.82, 2.24) is 9.55 Å². The Hall–Kier alpha value is -1.65. The first-order valence-electron chi connectivity index (χ1n) is 7.03. The van der Waals surface area contributed by atoms with Gasteiger partial charge in [0, 0.05) is 11.5 Å². The topological polar surface area (TPSA) is 47.3 Å². The first kappa shape index (κ1) is 12.1. The largest absolute Gasteiger partial charge is 0.390 e. The molecule has 1 fully saturated rings. The van der Waals surface area contributed by atoms with Crippen molar-refractivity contribution in [2.75, 3.05) is 6.61 Å². The van der Waals surface area contributed by atoms with E-state index in [4.69, 9.17) is 4.74 Å². The van der Waals surface area contributed by atoms with E-state index in [-0.39, 0.29) is 12.0 Å².